The van der Waals surface area contributed by atoms with Crippen molar-refractivity contribution >= 4 is 21.9 Å². The highest BCUT2D eigenvalue weighted by Gasteiger charge is 2.38. The monoisotopic (exact) mass is 436 g/mol. The van der Waals surface area contributed by atoms with Crippen molar-refractivity contribution in [1.29, 1.82) is 0 Å². The van der Waals surface area contributed by atoms with Crippen molar-refractivity contribution in [3.05, 3.63) is 29.3 Å². The molecule has 164 valence electrons. The third-order valence-electron chi connectivity index (χ3n) is 6.36. The first kappa shape index (κ1) is 21.3. The number of carbonyl (C=O) groups excluding carboxylic acids is 1. The molecule has 3 aliphatic rings. The van der Waals surface area contributed by atoms with Gasteiger partial charge in [-0.15, -0.1) is 0 Å². The second-order valence-electron chi connectivity index (χ2n) is 8.48. The normalized spacial score (nSPS) is 25.8. The summed E-state index contributed by atoms with van der Waals surface area (Å²) >= 11 is 0. The molecule has 2 heterocycles. The van der Waals surface area contributed by atoms with Gasteiger partial charge in [-0.25, -0.2) is 13.2 Å². The summed E-state index contributed by atoms with van der Waals surface area (Å²) in [5.41, 5.74) is 2.35. The Morgan fingerprint density at radius 3 is 2.50 bits per heavy atom. The number of piperidine rings is 1. The molecule has 9 heteroatoms. The van der Waals surface area contributed by atoms with Gasteiger partial charge in [-0.2, -0.15) is 4.31 Å². The smallest absolute Gasteiger partial charge is 0.334 e. The first-order chi connectivity index (χ1) is 14.3. The van der Waals surface area contributed by atoms with Gasteiger partial charge in [0.1, 0.15) is 0 Å². The third kappa shape index (κ3) is 4.10. The Morgan fingerprint density at radius 2 is 1.80 bits per heavy atom. The van der Waals surface area contributed by atoms with E-state index >= 15 is 0 Å². The number of carbonyl (C=O) groups is 2. The van der Waals surface area contributed by atoms with Crippen LogP contribution in [0.4, 0.5) is 0 Å². The van der Waals surface area contributed by atoms with Gasteiger partial charge in [0, 0.05) is 25.6 Å². The average molecular weight is 437 g/mol. The molecule has 1 aliphatic carbocycles. The van der Waals surface area contributed by atoms with Crippen molar-refractivity contribution in [2.75, 3.05) is 26.2 Å². The Hall–Kier alpha value is -1.97. The molecule has 4 rings (SSSR count). The van der Waals surface area contributed by atoms with Crippen LogP contribution < -0.4 is 0 Å². The number of hydrogen-bond acceptors (Lipinski definition) is 5. The molecule has 0 spiro atoms. The van der Waals surface area contributed by atoms with E-state index < -0.39 is 22.1 Å². The minimum atomic E-state index is -3.58. The van der Waals surface area contributed by atoms with Crippen LogP contribution in [0.2, 0.25) is 0 Å². The van der Waals surface area contributed by atoms with Crippen molar-refractivity contribution in [2.24, 2.45) is 5.92 Å². The summed E-state index contributed by atoms with van der Waals surface area (Å²) in [5.74, 6) is -1.48. The zero-order chi connectivity index (χ0) is 21.5. The number of aliphatic carboxylic acids is 1. The van der Waals surface area contributed by atoms with Crippen LogP contribution >= 0.6 is 0 Å². The summed E-state index contributed by atoms with van der Waals surface area (Å²) in [5, 5.41) is 9.22. The van der Waals surface area contributed by atoms with Crippen LogP contribution in [0, 0.1) is 5.92 Å². The first-order valence-corrected chi connectivity index (χ1v) is 12.0. The molecule has 1 amide bonds. The van der Waals surface area contributed by atoms with Crippen LogP contribution in [0.15, 0.2) is 23.1 Å². The molecule has 0 bridgehead atoms. The number of rotatable bonds is 4. The maximum absolute atomic E-state index is 13.1. The number of amides is 1. The van der Waals surface area contributed by atoms with Crippen molar-refractivity contribution in [3.8, 4) is 0 Å². The predicted molar refractivity (Wildman–Crippen MR) is 109 cm³/mol. The van der Waals surface area contributed by atoms with E-state index in [1.165, 1.54) is 9.87 Å². The molecule has 2 aliphatic heterocycles. The zero-order valence-electron chi connectivity index (χ0n) is 17.1. The lowest BCUT2D eigenvalue weighted by Crippen LogP contribution is -2.54. The summed E-state index contributed by atoms with van der Waals surface area (Å²) < 4.78 is 33.0. The molecule has 2 fully saturated rings. The van der Waals surface area contributed by atoms with Gasteiger partial charge in [0.05, 0.1) is 17.5 Å². The van der Waals surface area contributed by atoms with E-state index in [0.29, 0.717) is 24.3 Å². The second kappa shape index (κ2) is 8.28. The molecule has 1 N–H and O–H groups in total. The Kier molecular flexibility index (Phi) is 5.87. The van der Waals surface area contributed by atoms with E-state index in [1.807, 2.05) is 6.07 Å². The Bertz CT molecular complexity index is 939. The average Bonchev–Trinajstić information content (AvgIpc) is 3.20. The SMILES string of the molecule is C[C@@H]1CN(C(=O)C2CCN(S(=O)(=O)c3ccc4c(c3)CCC4)CC2)CC(C(=O)O)O1. The Morgan fingerprint density at radius 1 is 1.10 bits per heavy atom. The number of morpholine rings is 1. The topological polar surface area (TPSA) is 104 Å². The number of sulfonamides is 1. The summed E-state index contributed by atoms with van der Waals surface area (Å²) in [4.78, 5) is 26.1. The third-order valence-corrected chi connectivity index (χ3v) is 8.25. The Labute approximate surface area is 176 Å². The molecule has 2 saturated heterocycles. The van der Waals surface area contributed by atoms with E-state index in [-0.39, 0.29) is 37.6 Å². The molecule has 1 unspecified atom stereocenters. The van der Waals surface area contributed by atoms with Crippen molar-refractivity contribution in [1.82, 2.24) is 9.21 Å². The largest absolute Gasteiger partial charge is 0.479 e. The van der Waals surface area contributed by atoms with Gasteiger partial charge in [-0.3, -0.25) is 4.79 Å². The first-order valence-electron chi connectivity index (χ1n) is 10.5. The van der Waals surface area contributed by atoms with Gasteiger partial charge in [0.25, 0.3) is 0 Å². The lowest BCUT2D eigenvalue weighted by Gasteiger charge is -2.38. The highest BCUT2D eigenvalue weighted by atomic mass is 32.2. The molecule has 8 nitrogen and oxygen atoms in total. The number of ether oxygens (including phenoxy) is 1. The van der Waals surface area contributed by atoms with Crippen molar-refractivity contribution in [2.45, 2.75) is 56.1 Å². The van der Waals surface area contributed by atoms with Crippen molar-refractivity contribution < 1.29 is 27.9 Å². The fraction of sp³-hybridized carbons (Fsp3) is 0.619. The number of nitrogens with zero attached hydrogens (tertiary/aromatic N) is 2. The van der Waals surface area contributed by atoms with E-state index in [1.54, 1.807) is 24.0 Å². The molecule has 0 saturated carbocycles. The van der Waals surface area contributed by atoms with Gasteiger partial charge >= 0.3 is 5.97 Å². The number of fused-ring (bicyclic) bond motifs is 1. The number of aryl methyl sites for hydroxylation is 2. The number of hydrogen-bond donors (Lipinski definition) is 1. The Balaban J connectivity index is 1.39. The molecule has 2 atom stereocenters. The quantitative estimate of drug-likeness (QED) is 0.762. The van der Waals surface area contributed by atoms with Crippen LogP contribution in [-0.2, 0) is 37.2 Å². The predicted octanol–water partition coefficient (Wildman–Crippen LogP) is 1.28. The fourth-order valence-electron chi connectivity index (χ4n) is 4.73. The van der Waals surface area contributed by atoms with Crippen LogP contribution in [0.5, 0.6) is 0 Å². The lowest BCUT2D eigenvalue weighted by molar-refractivity contribution is -0.168. The molecular formula is C21H28N2O6S. The number of carboxylic acid groups (broad SMARTS) is 1. The van der Waals surface area contributed by atoms with Crippen LogP contribution in [0.3, 0.4) is 0 Å². The van der Waals surface area contributed by atoms with Gasteiger partial charge in [-0.1, -0.05) is 6.07 Å². The van der Waals surface area contributed by atoms with Crippen LogP contribution in [-0.4, -0.2) is 73.0 Å². The standard InChI is InChI=1S/C21H28N2O6S/c1-14-12-22(13-19(29-14)21(25)26)20(24)16-7-9-23(10-8-16)30(27,28)18-6-5-15-3-2-4-17(15)11-18/h5-6,11,14,16,19H,2-4,7-10,12-13H2,1H3,(H,25,26)/t14-,19?/m1/s1. The molecule has 1 aromatic rings. The zero-order valence-corrected chi connectivity index (χ0v) is 17.9. The molecule has 30 heavy (non-hydrogen) atoms. The summed E-state index contributed by atoms with van der Waals surface area (Å²) in [7, 11) is -3.58. The summed E-state index contributed by atoms with van der Waals surface area (Å²) in [6.45, 7) is 2.72. The number of carboxylic acids is 1. The van der Waals surface area contributed by atoms with Crippen molar-refractivity contribution in [3.63, 3.8) is 0 Å². The number of benzene rings is 1. The fourth-order valence-corrected chi connectivity index (χ4v) is 6.25. The van der Waals surface area contributed by atoms with E-state index in [2.05, 4.69) is 0 Å². The van der Waals surface area contributed by atoms with Crippen LogP contribution in [0.25, 0.3) is 0 Å². The van der Waals surface area contributed by atoms with E-state index in [0.717, 1.165) is 24.8 Å². The minimum absolute atomic E-state index is 0.0339. The van der Waals surface area contributed by atoms with Gasteiger partial charge in [0.15, 0.2) is 6.10 Å². The molecule has 1 aromatic carbocycles. The maximum Gasteiger partial charge on any atom is 0.334 e. The minimum Gasteiger partial charge on any atom is -0.479 e. The second-order valence-corrected chi connectivity index (χ2v) is 10.4. The van der Waals surface area contributed by atoms with E-state index in [9.17, 15) is 23.1 Å². The van der Waals surface area contributed by atoms with Crippen LogP contribution in [0.1, 0.15) is 37.3 Å². The molecule has 0 aromatic heterocycles. The molecule has 0 radical (unpaired) electrons. The van der Waals surface area contributed by atoms with Gasteiger partial charge in [0.2, 0.25) is 15.9 Å². The van der Waals surface area contributed by atoms with E-state index in [4.69, 9.17) is 4.74 Å². The van der Waals surface area contributed by atoms with Gasteiger partial charge in [-0.05, 0) is 62.3 Å². The lowest BCUT2D eigenvalue weighted by atomic mass is 9.96. The molecular weight excluding hydrogens is 408 g/mol. The maximum atomic E-state index is 13.1. The van der Waals surface area contributed by atoms with Gasteiger partial charge < -0.3 is 14.7 Å². The summed E-state index contributed by atoms with van der Waals surface area (Å²) in [6.07, 6.45) is 2.51. The highest BCUT2D eigenvalue weighted by molar-refractivity contribution is 7.89. The summed E-state index contributed by atoms with van der Waals surface area (Å²) in [6, 6.07) is 5.41. The highest BCUT2D eigenvalue weighted by Crippen LogP contribution is 2.29.